The monoisotopic (exact) mass is 175 g/mol. The molecule has 0 aliphatic heterocycles. The van der Waals surface area contributed by atoms with Crippen LogP contribution in [0.1, 0.15) is 5.69 Å². The highest BCUT2D eigenvalue weighted by Gasteiger charge is 1.94. The van der Waals surface area contributed by atoms with Crippen LogP contribution in [0.15, 0.2) is 15.2 Å². The Morgan fingerprint density at radius 1 is 1.64 bits per heavy atom. The van der Waals surface area contributed by atoms with E-state index in [0.717, 1.165) is 0 Å². The molecule has 11 heavy (non-hydrogen) atoms. The van der Waals surface area contributed by atoms with Crippen LogP contribution in [-0.4, -0.2) is 25.3 Å². The second-order valence-electron chi connectivity index (χ2n) is 1.72. The Morgan fingerprint density at radius 3 is 3.00 bits per heavy atom. The van der Waals surface area contributed by atoms with Crippen molar-refractivity contribution in [1.82, 2.24) is 10.3 Å². The quantitative estimate of drug-likeness (QED) is 0.628. The third kappa shape index (κ3) is 2.89. The summed E-state index contributed by atoms with van der Waals surface area (Å²) >= 11 is 0. The molecule has 0 N–H and O–H groups in total. The minimum atomic E-state index is -2.33. The molecule has 0 spiro atoms. The third-order valence-corrected chi connectivity index (χ3v) is 1.36. The molecule has 0 fully saturated rings. The van der Waals surface area contributed by atoms with Crippen molar-refractivity contribution in [2.24, 2.45) is 4.36 Å². The number of hydrogen-bond donors (Lipinski definition) is 0. The van der Waals surface area contributed by atoms with Crippen LogP contribution in [0.4, 0.5) is 0 Å². The van der Waals surface area contributed by atoms with Crippen LogP contribution < -0.4 is 0 Å². The Kier molecular flexibility index (Phi) is 2.73. The second-order valence-corrected chi connectivity index (χ2v) is 2.41. The highest BCUT2D eigenvalue weighted by atomic mass is 32.2. The summed E-state index contributed by atoms with van der Waals surface area (Å²) in [6, 6.07) is 0. The molecule has 0 aromatic carbocycles. The largest absolute Gasteiger partial charge is 0.311 e. The van der Waals surface area contributed by atoms with Gasteiger partial charge in [0.05, 0.1) is 12.7 Å². The van der Waals surface area contributed by atoms with E-state index in [1.165, 1.54) is 6.20 Å². The SMILES string of the molecule is O=S(=O)=NCCc1cnon1. The lowest BCUT2D eigenvalue weighted by Gasteiger charge is -1.82. The van der Waals surface area contributed by atoms with Crippen LogP contribution in [0.3, 0.4) is 0 Å². The summed E-state index contributed by atoms with van der Waals surface area (Å²) in [4.78, 5) is 0. The van der Waals surface area contributed by atoms with Crippen molar-refractivity contribution >= 4 is 10.5 Å². The van der Waals surface area contributed by atoms with Gasteiger partial charge in [0, 0.05) is 6.42 Å². The first kappa shape index (κ1) is 7.86. The van der Waals surface area contributed by atoms with Gasteiger partial charge in [-0.25, -0.2) is 4.63 Å². The van der Waals surface area contributed by atoms with Crippen molar-refractivity contribution in [3.05, 3.63) is 11.9 Å². The molecule has 6 nitrogen and oxygen atoms in total. The van der Waals surface area contributed by atoms with Crippen molar-refractivity contribution in [3.8, 4) is 0 Å². The molecule has 1 aromatic rings. The zero-order valence-corrected chi connectivity index (χ0v) is 6.28. The molecule has 0 aliphatic carbocycles. The van der Waals surface area contributed by atoms with E-state index in [0.29, 0.717) is 12.1 Å². The van der Waals surface area contributed by atoms with Gasteiger partial charge >= 0.3 is 10.5 Å². The maximum Gasteiger partial charge on any atom is 0.311 e. The highest BCUT2D eigenvalue weighted by molar-refractivity contribution is 7.61. The predicted molar refractivity (Wildman–Crippen MR) is 34.2 cm³/mol. The van der Waals surface area contributed by atoms with Crippen molar-refractivity contribution in [3.63, 3.8) is 0 Å². The molecule has 0 amide bonds. The van der Waals surface area contributed by atoms with Gasteiger partial charge in [-0.05, 0) is 0 Å². The number of nitrogens with zero attached hydrogens (tertiary/aromatic N) is 3. The van der Waals surface area contributed by atoms with Gasteiger partial charge in [0.25, 0.3) is 0 Å². The molecule has 1 heterocycles. The Bertz CT molecular complexity index is 319. The smallest absolute Gasteiger partial charge is 0.244 e. The lowest BCUT2D eigenvalue weighted by atomic mass is 10.3. The van der Waals surface area contributed by atoms with Crippen LogP contribution in [0, 0.1) is 0 Å². The van der Waals surface area contributed by atoms with Gasteiger partial charge < -0.3 is 0 Å². The molecule has 0 radical (unpaired) electrons. The molecular formula is C4H5N3O3S. The van der Waals surface area contributed by atoms with Crippen molar-refractivity contribution in [2.45, 2.75) is 6.42 Å². The van der Waals surface area contributed by atoms with E-state index in [4.69, 9.17) is 0 Å². The summed E-state index contributed by atoms with van der Waals surface area (Å²) in [7, 11) is -2.33. The lowest BCUT2D eigenvalue weighted by molar-refractivity contribution is 0.303. The van der Waals surface area contributed by atoms with Crippen LogP contribution in [0.25, 0.3) is 0 Å². The number of hydrogen-bond acceptors (Lipinski definition) is 6. The zero-order valence-electron chi connectivity index (χ0n) is 5.47. The van der Waals surface area contributed by atoms with Crippen molar-refractivity contribution in [2.75, 3.05) is 6.54 Å². The lowest BCUT2D eigenvalue weighted by Crippen LogP contribution is -1.88. The molecular weight excluding hydrogens is 170 g/mol. The predicted octanol–water partition coefficient (Wildman–Crippen LogP) is -0.325. The molecule has 1 rings (SSSR count). The fourth-order valence-corrected chi connectivity index (χ4v) is 0.769. The summed E-state index contributed by atoms with van der Waals surface area (Å²) in [6.07, 6.45) is 1.85. The number of aromatic nitrogens is 2. The third-order valence-electron chi connectivity index (χ3n) is 0.972. The standard InChI is InChI=1S/C4H5N3O3S/c8-11(9)6-2-1-4-3-5-10-7-4/h3H,1-2H2. The summed E-state index contributed by atoms with van der Waals surface area (Å²) in [5.74, 6) is 0. The summed E-state index contributed by atoms with van der Waals surface area (Å²) in [6.45, 7) is 0.185. The first-order valence-corrected chi connectivity index (χ1v) is 3.85. The van der Waals surface area contributed by atoms with E-state index in [2.05, 4.69) is 19.3 Å². The van der Waals surface area contributed by atoms with E-state index < -0.39 is 10.5 Å². The highest BCUT2D eigenvalue weighted by Crippen LogP contribution is 1.91. The maximum absolute atomic E-state index is 9.90. The Morgan fingerprint density at radius 2 is 2.45 bits per heavy atom. The second kappa shape index (κ2) is 3.81. The molecule has 0 saturated heterocycles. The van der Waals surface area contributed by atoms with E-state index in [-0.39, 0.29) is 6.54 Å². The van der Waals surface area contributed by atoms with Crippen LogP contribution in [0.5, 0.6) is 0 Å². The summed E-state index contributed by atoms with van der Waals surface area (Å²) < 4.78 is 27.3. The first-order valence-electron chi connectivity index (χ1n) is 2.82. The fraction of sp³-hybridized carbons (Fsp3) is 0.500. The van der Waals surface area contributed by atoms with Crippen molar-refractivity contribution in [1.29, 1.82) is 0 Å². The number of rotatable bonds is 3. The summed E-state index contributed by atoms with van der Waals surface area (Å²) in [5.41, 5.74) is 0.596. The molecule has 0 saturated carbocycles. The van der Waals surface area contributed by atoms with Gasteiger partial charge in [-0.3, -0.25) is 0 Å². The Labute approximate surface area is 63.9 Å². The summed E-state index contributed by atoms with van der Waals surface area (Å²) in [5, 5.41) is 6.80. The van der Waals surface area contributed by atoms with Gasteiger partial charge in [-0.1, -0.05) is 10.3 Å². The van der Waals surface area contributed by atoms with Gasteiger partial charge in [-0.15, -0.1) is 0 Å². The molecule has 0 aliphatic rings. The zero-order chi connectivity index (χ0) is 8.10. The Hall–Kier alpha value is -1.24. The van der Waals surface area contributed by atoms with E-state index in [9.17, 15) is 8.42 Å². The van der Waals surface area contributed by atoms with Gasteiger partial charge in [0.15, 0.2) is 0 Å². The fourth-order valence-electron chi connectivity index (χ4n) is 0.529. The molecule has 0 bridgehead atoms. The normalized spacial score (nSPS) is 9.45. The molecule has 7 heteroatoms. The average molecular weight is 175 g/mol. The average Bonchev–Trinajstić information content (AvgIpc) is 2.39. The van der Waals surface area contributed by atoms with Gasteiger partial charge in [0.2, 0.25) is 0 Å². The van der Waals surface area contributed by atoms with E-state index >= 15 is 0 Å². The topological polar surface area (TPSA) is 85.4 Å². The molecule has 1 aromatic heterocycles. The van der Waals surface area contributed by atoms with Crippen molar-refractivity contribution < 1.29 is 13.0 Å². The first-order chi connectivity index (χ1) is 5.29. The van der Waals surface area contributed by atoms with E-state index in [1.54, 1.807) is 0 Å². The molecule has 60 valence electrons. The van der Waals surface area contributed by atoms with Crippen LogP contribution in [0.2, 0.25) is 0 Å². The Balaban J connectivity index is 2.41. The maximum atomic E-state index is 9.90. The van der Waals surface area contributed by atoms with Gasteiger partial charge in [0.1, 0.15) is 5.69 Å². The van der Waals surface area contributed by atoms with Gasteiger partial charge in [-0.2, -0.15) is 12.8 Å². The van der Waals surface area contributed by atoms with Crippen LogP contribution in [-0.2, 0) is 16.9 Å². The minimum absolute atomic E-state index is 0.185. The van der Waals surface area contributed by atoms with Crippen LogP contribution >= 0.6 is 0 Å². The van der Waals surface area contributed by atoms with E-state index in [1.807, 2.05) is 0 Å². The molecule has 0 atom stereocenters. The minimum Gasteiger partial charge on any atom is -0.244 e. The molecule has 0 unspecified atom stereocenters.